The molecule has 0 bridgehead atoms. The van der Waals surface area contributed by atoms with Crippen LogP contribution in [0.2, 0.25) is 5.02 Å². The van der Waals surface area contributed by atoms with Crippen molar-refractivity contribution in [3.63, 3.8) is 0 Å². The number of aromatic nitrogens is 1. The molecule has 3 aromatic rings. The molecule has 0 aliphatic rings. The SMILES string of the molecule is O=C(CNC(=O)c1sc2ccccc2c1Cl)Nc1cccnc1. The molecule has 0 fully saturated rings. The quantitative estimate of drug-likeness (QED) is 0.762. The molecule has 5 nitrogen and oxygen atoms in total. The van der Waals surface area contributed by atoms with Crippen LogP contribution in [0.5, 0.6) is 0 Å². The number of carbonyl (C=O) groups excluding carboxylic acids is 2. The van der Waals surface area contributed by atoms with Gasteiger partial charge in [-0.15, -0.1) is 11.3 Å². The molecule has 0 saturated carbocycles. The highest BCUT2D eigenvalue weighted by atomic mass is 35.5. The van der Waals surface area contributed by atoms with Crippen molar-refractivity contribution in [3.05, 3.63) is 58.7 Å². The first-order valence-electron chi connectivity index (χ1n) is 6.80. The smallest absolute Gasteiger partial charge is 0.263 e. The van der Waals surface area contributed by atoms with Gasteiger partial charge >= 0.3 is 0 Å². The van der Waals surface area contributed by atoms with Crippen molar-refractivity contribution in [2.45, 2.75) is 0 Å². The number of hydrogen-bond acceptors (Lipinski definition) is 4. The maximum Gasteiger partial charge on any atom is 0.263 e. The molecule has 2 N–H and O–H groups in total. The van der Waals surface area contributed by atoms with Crippen LogP contribution in [-0.4, -0.2) is 23.3 Å². The van der Waals surface area contributed by atoms with Gasteiger partial charge in [0.1, 0.15) is 4.88 Å². The molecule has 3 rings (SSSR count). The number of fused-ring (bicyclic) bond motifs is 1. The molecule has 2 amide bonds. The molecule has 0 radical (unpaired) electrons. The number of anilines is 1. The summed E-state index contributed by atoms with van der Waals surface area (Å²) in [7, 11) is 0. The van der Waals surface area contributed by atoms with Gasteiger partial charge in [-0.05, 0) is 18.2 Å². The van der Waals surface area contributed by atoms with Gasteiger partial charge < -0.3 is 10.6 Å². The van der Waals surface area contributed by atoms with Crippen LogP contribution in [0.4, 0.5) is 5.69 Å². The molecular weight excluding hydrogens is 334 g/mol. The third-order valence-corrected chi connectivity index (χ3v) is 4.77. The molecular formula is C16H12ClN3O2S. The summed E-state index contributed by atoms with van der Waals surface area (Å²) in [4.78, 5) is 28.3. The lowest BCUT2D eigenvalue weighted by molar-refractivity contribution is -0.115. The Morgan fingerprint density at radius 1 is 1.17 bits per heavy atom. The van der Waals surface area contributed by atoms with Gasteiger partial charge in [0, 0.05) is 16.3 Å². The molecule has 2 aromatic heterocycles. The zero-order valence-corrected chi connectivity index (χ0v) is 13.4. The summed E-state index contributed by atoms with van der Waals surface area (Å²) in [5, 5.41) is 6.47. The minimum Gasteiger partial charge on any atom is -0.342 e. The maximum atomic E-state index is 12.2. The number of pyridine rings is 1. The number of thiophene rings is 1. The highest BCUT2D eigenvalue weighted by Gasteiger charge is 2.17. The van der Waals surface area contributed by atoms with E-state index in [1.54, 1.807) is 18.3 Å². The summed E-state index contributed by atoms with van der Waals surface area (Å²) in [6, 6.07) is 10.9. The Kier molecular flexibility index (Phi) is 4.55. The van der Waals surface area contributed by atoms with Crippen molar-refractivity contribution in [2.24, 2.45) is 0 Å². The van der Waals surface area contributed by atoms with Crippen molar-refractivity contribution in [1.82, 2.24) is 10.3 Å². The Hall–Kier alpha value is -2.44. The zero-order chi connectivity index (χ0) is 16.2. The van der Waals surface area contributed by atoms with E-state index in [-0.39, 0.29) is 18.4 Å². The molecule has 7 heteroatoms. The van der Waals surface area contributed by atoms with Crippen molar-refractivity contribution in [3.8, 4) is 0 Å². The number of amides is 2. The highest BCUT2D eigenvalue weighted by Crippen LogP contribution is 2.34. The Morgan fingerprint density at radius 2 is 2.00 bits per heavy atom. The van der Waals surface area contributed by atoms with Crippen LogP contribution in [-0.2, 0) is 4.79 Å². The third-order valence-electron chi connectivity index (χ3n) is 3.10. The summed E-state index contributed by atoms with van der Waals surface area (Å²) in [6.45, 7) is -0.141. The first-order chi connectivity index (χ1) is 11.1. The first kappa shape index (κ1) is 15.5. The van der Waals surface area contributed by atoms with Crippen LogP contribution in [0.3, 0.4) is 0 Å². The predicted molar refractivity (Wildman–Crippen MR) is 92.0 cm³/mol. The molecule has 0 aliphatic carbocycles. The molecule has 0 aliphatic heterocycles. The van der Waals surface area contributed by atoms with E-state index in [4.69, 9.17) is 11.6 Å². The highest BCUT2D eigenvalue weighted by molar-refractivity contribution is 7.21. The van der Waals surface area contributed by atoms with E-state index in [2.05, 4.69) is 15.6 Å². The van der Waals surface area contributed by atoms with Crippen LogP contribution in [0.1, 0.15) is 9.67 Å². The summed E-state index contributed by atoms with van der Waals surface area (Å²) < 4.78 is 0.933. The van der Waals surface area contributed by atoms with Crippen molar-refractivity contribution < 1.29 is 9.59 Å². The molecule has 0 saturated heterocycles. The number of halogens is 1. The summed E-state index contributed by atoms with van der Waals surface area (Å²) in [5.41, 5.74) is 0.576. The van der Waals surface area contributed by atoms with Gasteiger partial charge in [0.2, 0.25) is 5.91 Å². The standard InChI is InChI=1S/C16H12ClN3O2S/c17-14-11-5-1-2-6-12(11)23-15(14)16(22)19-9-13(21)20-10-4-3-7-18-8-10/h1-8H,9H2,(H,19,22)(H,20,21). The fourth-order valence-electron chi connectivity index (χ4n) is 2.04. The lowest BCUT2D eigenvalue weighted by atomic mass is 10.2. The van der Waals surface area contributed by atoms with E-state index in [0.717, 1.165) is 10.1 Å². The molecule has 2 heterocycles. The van der Waals surface area contributed by atoms with E-state index >= 15 is 0 Å². The number of nitrogens with one attached hydrogen (secondary N) is 2. The Balaban J connectivity index is 1.64. The third kappa shape index (κ3) is 3.49. The monoisotopic (exact) mass is 345 g/mol. The lowest BCUT2D eigenvalue weighted by Crippen LogP contribution is -2.32. The van der Waals surface area contributed by atoms with Gasteiger partial charge in [0.05, 0.1) is 23.5 Å². The van der Waals surface area contributed by atoms with Crippen molar-refractivity contribution >= 4 is 50.5 Å². The molecule has 0 spiro atoms. The van der Waals surface area contributed by atoms with Gasteiger partial charge in [0.15, 0.2) is 0 Å². The molecule has 0 atom stereocenters. The van der Waals surface area contributed by atoms with Crippen LogP contribution in [0.25, 0.3) is 10.1 Å². The van der Waals surface area contributed by atoms with E-state index in [0.29, 0.717) is 15.6 Å². The van der Waals surface area contributed by atoms with Gasteiger partial charge in [0.25, 0.3) is 5.91 Å². The number of rotatable bonds is 4. The second-order valence-electron chi connectivity index (χ2n) is 4.71. The Bertz CT molecular complexity index is 864. The van der Waals surface area contributed by atoms with E-state index < -0.39 is 0 Å². The Morgan fingerprint density at radius 3 is 2.74 bits per heavy atom. The van der Waals surface area contributed by atoms with Crippen LogP contribution in [0.15, 0.2) is 48.8 Å². The van der Waals surface area contributed by atoms with Gasteiger partial charge in [-0.3, -0.25) is 14.6 Å². The molecule has 23 heavy (non-hydrogen) atoms. The van der Waals surface area contributed by atoms with Crippen molar-refractivity contribution in [2.75, 3.05) is 11.9 Å². The Labute approximate surface area is 141 Å². The minimum absolute atomic E-state index is 0.141. The molecule has 1 aromatic carbocycles. The lowest BCUT2D eigenvalue weighted by Gasteiger charge is -2.05. The van der Waals surface area contributed by atoms with Gasteiger partial charge in [-0.1, -0.05) is 29.8 Å². The van der Waals surface area contributed by atoms with E-state index in [9.17, 15) is 9.59 Å². The van der Waals surface area contributed by atoms with Crippen LogP contribution >= 0.6 is 22.9 Å². The van der Waals surface area contributed by atoms with Gasteiger partial charge in [-0.25, -0.2) is 0 Å². The number of hydrogen-bond donors (Lipinski definition) is 2. The fourth-order valence-corrected chi connectivity index (χ4v) is 3.48. The molecule has 0 unspecified atom stereocenters. The number of nitrogens with zero attached hydrogens (tertiary/aromatic N) is 1. The predicted octanol–water partition coefficient (Wildman–Crippen LogP) is 3.32. The summed E-state index contributed by atoms with van der Waals surface area (Å²) in [6.07, 6.45) is 3.14. The first-order valence-corrected chi connectivity index (χ1v) is 7.99. The van der Waals surface area contributed by atoms with E-state index in [1.165, 1.54) is 17.5 Å². The minimum atomic E-state index is -0.363. The average molecular weight is 346 g/mol. The number of benzene rings is 1. The second-order valence-corrected chi connectivity index (χ2v) is 6.14. The number of carbonyl (C=O) groups is 2. The fraction of sp³-hybridized carbons (Fsp3) is 0.0625. The second kappa shape index (κ2) is 6.76. The van der Waals surface area contributed by atoms with E-state index in [1.807, 2.05) is 24.3 Å². The van der Waals surface area contributed by atoms with Crippen LogP contribution in [0, 0.1) is 0 Å². The average Bonchev–Trinajstić information content (AvgIpc) is 2.91. The maximum absolute atomic E-state index is 12.2. The van der Waals surface area contributed by atoms with Gasteiger partial charge in [-0.2, -0.15) is 0 Å². The van der Waals surface area contributed by atoms with Crippen molar-refractivity contribution in [1.29, 1.82) is 0 Å². The summed E-state index contributed by atoms with van der Waals surface area (Å²) >= 11 is 7.54. The molecule has 116 valence electrons. The summed E-state index contributed by atoms with van der Waals surface area (Å²) in [5.74, 6) is -0.693. The van der Waals surface area contributed by atoms with Crippen LogP contribution < -0.4 is 10.6 Å². The zero-order valence-electron chi connectivity index (χ0n) is 11.9. The topological polar surface area (TPSA) is 71.1 Å². The largest absolute Gasteiger partial charge is 0.342 e. The normalized spacial score (nSPS) is 10.5.